The molecule has 0 radical (unpaired) electrons. The molecule has 0 aromatic heterocycles. The van der Waals surface area contributed by atoms with Gasteiger partial charge in [-0.25, -0.2) is 4.39 Å². The van der Waals surface area contributed by atoms with Crippen LogP contribution in [0.2, 0.25) is 0 Å². The average molecular weight is 343 g/mol. The molecule has 20 heavy (non-hydrogen) atoms. The Morgan fingerprint density at radius 3 is 2.60 bits per heavy atom. The van der Waals surface area contributed by atoms with Crippen LogP contribution in [0.5, 0.6) is 0 Å². The Kier molecular flexibility index (Phi) is 5.21. The Labute approximate surface area is 129 Å². The summed E-state index contributed by atoms with van der Waals surface area (Å²) in [5.41, 5.74) is 7.05. The molecule has 1 heterocycles. The summed E-state index contributed by atoms with van der Waals surface area (Å²) in [4.78, 5) is 2.36. The number of hydrogen-bond acceptors (Lipinski definition) is 2. The molecule has 1 fully saturated rings. The molecule has 4 heteroatoms. The van der Waals surface area contributed by atoms with Crippen molar-refractivity contribution in [1.29, 1.82) is 0 Å². The Hall–Kier alpha value is -0.450. The van der Waals surface area contributed by atoms with Crippen molar-refractivity contribution < 1.29 is 4.39 Å². The van der Waals surface area contributed by atoms with E-state index in [0.717, 1.165) is 23.1 Å². The Balaban J connectivity index is 2.21. The van der Waals surface area contributed by atoms with Gasteiger partial charge in [-0.05, 0) is 43.4 Å². The van der Waals surface area contributed by atoms with Crippen molar-refractivity contribution in [1.82, 2.24) is 4.90 Å². The fourth-order valence-corrected chi connectivity index (χ4v) is 3.64. The minimum Gasteiger partial charge on any atom is -0.329 e. The Bertz CT molecular complexity index is 460. The number of nitrogens with two attached hydrogens (primary N) is 1. The summed E-state index contributed by atoms with van der Waals surface area (Å²) >= 11 is 3.31. The molecule has 1 aliphatic heterocycles. The fourth-order valence-electron chi connectivity index (χ4n) is 3.31. The number of halogens is 2. The van der Waals surface area contributed by atoms with Crippen LogP contribution in [-0.4, -0.2) is 24.5 Å². The predicted molar refractivity (Wildman–Crippen MR) is 85.1 cm³/mol. The molecule has 1 aromatic carbocycles. The second-order valence-corrected chi connectivity index (χ2v) is 6.76. The first-order valence-corrected chi connectivity index (χ1v) is 8.23. The monoisotopic (exact) mass is 342 g/mol. The highest BCUT2D eigenvalue weighted by atomic mass is 79.9. The zero-order valence-corrected chi connectivity index (χ0v) is 13.9. The lowest BCUT2D eigenvalue weighted by Crippen LogP contribution is -2.34. The minimum atomic E-state index is -0.166. The molecule has 1 unspecified atom stereocenters. The van der Waals surface area contributed by atoms with Crippen LogP contribution in [0.15, 0.2) is 22.7 Å². The lowest BCUT2D eigenvalue weighted by molar-refractivity contribution is 0.195. The first-order chi connectivity index (χ1) is 9.55. The minimum absolute atomic E-state index is 0.0110. The Morgan fingerprint density at radius 1 is 1.40 bits per heavy atom. The molecule has 1 aliphatic rings. The molecular formula is C16H24BrFN2. The molecule has 1 saturated heterocycles. The standard InChI is InChI=1S/C16H24BrFN2/c1-3-16(4-2)7-8-20(11-16)15(10-19)13-6-5-12(17)9-14(13)18/h5-6,9,15H,3-4,7-8,10-11,19H2,1-2H3. The van der Waals surface area contributed by atoms with Gasteiger partial charge in [-0.15, -0.1) is 0 Å². The van der Waals surface area contributed by atoms with Gasteiger partial charge in [0.1, 0.15) is 5.82 Å². The third-order valence-corrected chi connectivity index (χ3v) is 5.45. The van der Waals surface area contributed by atoms with Gasteiger partial charge < -0.3 is 5.73 Å². The number of hydrogen-bond donors (Lipinski definition) is 1. The van der Waals surface area contributed by atoms with E-state index in [0.29, 0.717) is 12.0 Å². The maximum Gasteiger partial charge on any atom is 0.129 e. The molecular weight excluding hydrogens is 319 g/mol. The van der Waals surface area contributed by atoms with E-state index in [9.17, 15) is 4.39 Å². The molecule has 2 rings (SSSR count). The zero-order chi connectivity index (χ0) is 14.8. The van der Waals surface area contributed by atoms with E-state index >= 15 is 0 Å². The highest BCUT2D eigenvalue weighted by molar-refractivity contribution is 9.10. The lowest BCUT2D eigenvalue weighted by Gasteiger charge is -2.31. The van der Waals surface area contributed by atoms with Gasteiger partial charge in [-0.2, -0.15) is 0 Å². The molecule has 0 aliphatic carbocycles. The predicted octanol–water partition coefficient (Wildman–Crippen LogP) is 4.10. The van der Waals surface area contributed by atoms with Crippen molar-refractivity contribution in [3.8, 4) is 0 Å². The van der Waals surface area contributed by atoms with Crippen LogP contribution in [0.1, 0.15) is 44.7 Å². The lowest BCUT2D eigenvalue weighted by atomic mass is 9.82. The van der Waals surface area contributed by atoms with Crippen molar-refractivity contribution in [2.75, 3.05) is 19.6 Å². The third-order valence-electron chi connectivity index (χ3n) is 4.95. The van der Waals surface area contributed by atoms with E-state index in [2.05, 4.69) is 34.7 Å². The highest BCUT2D eigenvalue weighted by Crippen LogP contribution is 2.40. The Morgan fingerprint density at radius 2 is 2.10 bits per heavy atom. The average Bonchev–Trinajstić information content (AvgIpc) is 2.87. The van der Waals surface area contributed by atoms with Crippen LogP contribution in [-0.2, 0) is 0 Å². The van der Waals surface area contributed by atoms with Crippen LogP contribution in [0.25, 0.3) is 0 Å². The van der Waals surface area contributed by atoms with E-state index in [1.807, 2.05) is 12.1 Å². The quantitative estimate of drug-likeness (QED) is 0.872. The van der Waals surface area contributed by atoms with Crippen molar-refractivity contribution in [2.24, 2.45) is 11.1 Å². The van der Waals surface area contributed by atoms with Crippen LogP contribution in [0.4, 0.5) is 4.39 Å². The summed E-state index contributed by atoms with van der Waals surface area (Å²) < 4.78 is 15.0. The van der Waals surface area contributed by atoms with Crippen molar-refractivity contribution in [3.63, 3.8) is 0 Å². The number of likely N-dealkylation sites (tertiary alicyclic amines) is 1. The van der Waals surface area contributed by atoms with Crippen molar-refractivity contribution >= 4 is 15.9 Å². The second kappa shape index (κ2) is 6.54. The molecule has 1 atom stereocenters. The van der Waals surface area contributed by atoms with Gasteiger partial charge in [-0.1, -0.05) is 35.8 Å². The first-order valence-electron chi connectivity index (χ1n) is 7.44. The molecule has 0 amide bonds. The molecule has 0 saturated carbocycles. The van der Waals surface area contributed by atoms with E-state index in [4.69, 9.17) is 5.73 Å². The van der Waals surface area contributed by atoms with Gasteiger partial charge in [-0.3, -0.25) is 4.90 Å². The van der Waals surface area contributed by atoms with Gasteiger partial charge in [0.05, 0.1) is 0 Å². The van der Waals surface area contributed by atoms with Gasteiger partial charge in [0.2, 0.25) is 0 Å². The van der Waals surface area contributed by atoms with Gasteiger partial charge in [0, 0.05) is 29.2 Å². The molecule has 112 valence electrons. The van der Waals surface area contributed by atoms with Gasteiger partial charge in [0.15, 0.2) is 0 Å². The van der Waals surface area contributed by atoms with Crippen molar-refractivity contribution in [2.45, 2.75) is 39.2 Å². The van der Waals surface area contributed by atoms with Gasteiger partial charge >= 0.3 is 0 Å². The molecule has 2 N–H and O–H groups in total. The number of nitrogens with zero attached hydrogens (tertiary/aromatic N) is 1. The largest absolute Gasteiger partial charge is 0.329 e. The topological polar surface area (TPSA) is 29.3 Å². The zero-order valence-electron chi connectivity index (χ0n) is 12.3. The maximum atomic E-state index is 14.2. The third kappa shape index (κ3) is 3.07. The second-order valence-electron chi connectivity index (χ2n) is 5.84. The SMILES string of the molecule is CCC1(CC)CCN(C(CN)c2ccc(Br)cc2F)C1. The van der Waals surface area contributed by atoms with E-state index in [1.54, 1.807) is 0 Å². The highest BCUT2D eigenvalue weighted by Gasteiger charge is 2.38. The molecule has 2 nitrogen and oxygen atoms in total. The summed E-state index contributed by atoms with van der Waals surface area (Å²) in [5, 5.41) is 0. The number of benzene rings is 1. The van der Waals surface area contributed by atoms with E-state index in [-0.39, 0.29) is 11.9 Å². The summed E-state index contributed by atoms with van der Waals surface area (Å²) in [7, 11) is 0. The summed E-state index contributed by atoms with van der Waals surface area (Å²) in [5.74, 6) is -0.166. The van der Waals surface area contributed by atoms with Crippen molar-refractivity contribution in [3.05, 3.63) is 34.1 Å². The van der Waals surface area contributed by atoms with E-state index in [1.165, 1.54) is 25.3 Å². The molecule has 0 spiro atoms. The first kappa shape index (κ1) is 15.9. The summed E-state index contributed by atoms with van der Waals surface area (Å²) in [6, 6.07) is 5.27. The summed E-state index contributed by atoms with van der Waals surface area (Å²) in [6.45, 7) is 7.01. The fraction of sp³-hybridized carbons (Fsp3) is 0.625. The normalized spacial score (nSPS) is 20.2. The summed E-state index contributed by atoms with van der Waals surface area (Å²) in [6.07, 6.45) is 3.55. The number of rotatable bonds is 5. The molecule has 0 bridgehead atoms. The van der Waals surface area contributed by atoms with Crippen LogP contribution >= 0.6 is 15.9 Å². The molecule has 1 aromatic rings. The maximum absolute atomic E-state index is 14.2. The van der Waals surface area contributed by atoms with E-state index < -0.39 is 0 Å². The van der Waals surface area contributed by atoms with Gasteiger partial charge in [0.25, 0.3) is 0 Å². The smallest absolute Gasteiger partial charge is 0.129 e. The van der Waals surface area contributed by atoms with Crippen LogP contribution in [0.3, 0.4) is 0 Å². The van der Waals surface area contributed by atoms with Crippen LogP contribution in [0, 0.1) is 11.2 Å². The van der Waals surface area contributed by atoms with Crippen LogP contribution < -0.4 is 5.73 Å².